The van der Waals surface area contributed by atoms with Crippen LogP contribution < -0.4 is 5.32 Å². The van der Waals surface area contributed by atoms with Crippen LogP contribution in [0.2, 0.25) is 0 Å². The van der Waals surface area contributed by atoms with Crippen LogP contribution in [0.5, 0.6) is 0 Å². The van der Waals surface area contributed by atoms with E-state index in [1.54, 1.807) is 5.38 Å². The van der Waals surface area contributed by atoms with E-state index in [1.165, 1.54) is 11.3 Å². The van der Waals surface area contributed by atoms with Gasteiger partial charge in [0, 0.05) is 18.6 Å². The maximum Gasteiger partial charge on any atom is 0.271 e. The molecule has 5 nitrogen and oxygen atoms in total. The van der Waals surface area contributed by atoms with Crippen LogP contribution in [0.3, 0.4) is 0 Å². The second-order valence-corrected chi connectivity index (χ2v) is 6.41. The first-order valence-corrected chi connectivity index (χ1v) is 8.69. The number of hydrogen-bond acceptors (Lipinski definition) is 5. The van der Waals surface area contributed by atoms with Crippen LogP contribution >= 0.6 is 11.3 Å². The zero-order valence-corrected chi connectivity index (χ0v) is 13.6. The van der Waals surface area contributed by atoms with Gasteiger partial charge in [0.1, 0.15) is 16.8 Å². The Bertz CT molecular complexity index is 638. The van der Waals surface area contributed by atoms with Gasteiger partial charge < -0.3 is 15.2 Å². The molecule has 0 bridgehead atoms. The Kier molecular flexibility index (Phi) is 5.38. The summed E-state index contributed by atoms with van der Waals surface area (Å²) < 4.78 is 5.60. The van der Waals surface area contributed by atoms with E-state index in [1.807, 2.05) is 30.3 Å². The van der Waals surface area contributed by atoms with Crippen molar-refractivity contribution in [2.45, 2.75) is 31.4 Å². The van der Waals surface area contributed by atoms with Crippen molar-refractivity contribution in [3.8, 4) is 0 Å². The minimum atomic E-state index is -0.221. The van der Waals surface area contributed by atoms with Crippen molar-refractivity contribution in [2.75, 3.05) is 13.2 Å². The highest BCUT2D eigenvalue weighted by molar-refractivity contribution is 7.09. The van der Waals surface area contributed by atoms with Gasteiger partial charge in [-0.3, -0.25) is 4.79 Å². The fraction of sp³-hybridized carbons (Fsp3) is 0.412. The van der Waals surface area contributed by atoms with E-state index in [-0.39, 0.29) is 24.7 Å². The number of aliphatic hydroxyl groups is 1. The summed E-state index contributed by atoms with van der Waals surface area (Å²) in [4.78, 5) is 16.9. The summed E-state index contributed by atoms with van der Waals surface area (Å²) in [5.74, 6) is -0.215. The van der Waals surface area contributed by atoms with E-state index in [4.69, 9.17) is 4.74 Å². The number of hydrogen-bond donors (Lipinski definition) is 2. The Morgan fingerprint density at radius 2 is 2.26 bits per heavy atom. The maximum atomic E-state index is 12.4. The van der Waals surface area contributed by atoms with Gasteiger partial charge in [0.2, 0.25) is 0 Å². The van der Waals surface area contributed by atoms with Crippen molar-refractivity contribution in [1.29, 1.82) is 0 Å². The molecule has 122 valence electrons. The van der Waals surface area contributed by atoms with E-state index < -0.39 is 0 Å². The maximum absolute atomic E-state index is 12.4. The van der Waals surface area contributed by atoms with Crippen LogP contribution in [0.25, 0.3) is 0 Å². The molecular weight excluding hydrogens is 312 g/mol. The number of nitrogens with zero attached hydrogens (tertiary/aromatic N) is 1. The Morgan fingerprint density at radius 1 is 1.43 bits per heavy atom. The van der Waals surface area contributed by atoms with Gasteiger partial charge in [-0.25, -0.2) is 4.98 Å². The fourth-order valence-corrected chi connectivity index (χ4v) is 3.56. The first-order valence-electron chi connectivity index (χ1n) is 7.81. The van der Waals surface area contributed by atoms with Crippen molar-refractivity contribution in [1.82, 2.24) is 10.3 Å². The van der Waals surface area contributed by atoms with Crippen molar-refractivity contribution < 1.29 is 14.6 Å². The molecule has 0 saturated carbocycles. The molecule has 2 heterocycles. The van der Waals surface area contributed by atoms with Gasteiger partial charge in [-0.2, -0.15) is 0 Å². The van der Waals surface area contributed by atoms with Crippen LogP contribution in [0, 0.1) is 0 Å². The molecule has 6 heteroatoms. The lowest BCUT2D eigenvalue weighted by atomic mass is 10.0. The van der Waals surface area contributed by atoms with E-state index >= 15 is 0 Å². The molecule has 2 aromatic rings. The first-order chi connectivity index (χ1) is 11.3. The summed E-state index contributed by atoms with van der Waals surface area (Å²) in [6, 6.07) is 9.44. The SMILES string of the molecule is O=C(NC(CCO)c1ccccc1)c1csc(C2CCCO2)n1. The quantitative estimate of drug-likeness (QED) is 0.853. The largest absolute Gasteiger partial charge is 0.396 e. The average molecular weight is 332 g/mol. The molecule has 1 saturated heterocycles. The van der Waals surface area contributed by atoms with Gasteiger partial charge in [0.15, 0.2) is 0 Å². The Morgan fingerprint density at radius 3 is 2.96 bits per heavy atom. The third-order valence-electron chi connectivity index (χ3n) is 3.88. The smallest absolute Gasteiger partial charge is 0.271 e. The van der Waals surface area contributed by atoms with E-state index in [0.29, 0.717) is 12.1 Å². The van der Waals surface area contributed by atoms with Gasteiger partial charge >= 0.3 is 0 Å². The number of aliphatic hydroxyl groups excluding tert-OH is 1. The third-order valence-corrected chi connectivity index (χ3v) is 4.82. The monoisotopic (exact) mass is 332 g/mol. The molecule has 3 rings (SSSR count). The fourth-order valence-electron chi connectivity index (χ4n) is 2.68. The number of rotatable bonds is 6. The highest BCUT2D eigenvalue weighted by Crippen LogP contribution is 2.30. The number of ether oxygens (including phenoxy) is 1. The number of amides is 1. The van der Waals surface area contributed by atoms with Crippen LogP contribution in [-0.2, 0) is 4.74 Å². The van der Waals surface area contributed by atoms with Gasteiger partial charge in [-0.1, -0.05) is 30.3 Å². The normalized spacial score (nSPS) is 18.7. The number of nitrogens with one attached hydrogen (secondary N) is 1. The molecular formula is C17H20N2O3S. The van der Waals surface area contributed by atoms with Crippen molar-refractivity contribution in [2.24, 2.45) is 0 Å². The van der Waals surface area contributed by atoms with Crippen LogP contribution in [0.1, 0.15) is 52.5 Å². The van der Waals surface area contributed by atoms with Crippen LogP contribution in [0.4, 0.5) is 0 Å². The van der Waals surface area contributed by atoms with Gasteiger partial charge in [-0.05, 0) is 24.8 Å². The minimum absolute atomic E-state index is 0.0120. The van der Waals surface area contributed by atoms with E-state index in [0.717, 1.165) is 30.0 Å². The minimum Gasteiger partial charge on any atom is -0.396 e. The molecule has 1 aromatic heterocycles. The molecule has 0 aliphatic carbocycles. The molecule has 23 heavy (non-hydrogen) atoms. The lowest BCUT2D eigenvalue weighted by Crippen LogP contribution is -2.29. The highest BCUT2D eigenvalue weighted by atomic mass is 32.1. The zero-order chi connectivity index (χ0) is 16.1. The number of carbonyl (C=O) groups excluding carboxylic acids is 1. The van der Waals surface area contributed by atoms with Gasteiger partial charge in [-0.15, -0.1) is 11.3 Å². The standard InChI is InChI=1S/C17H20N2O3S/c20-9-8-13(12-5-2-1-3-6-12)18-16(21)14-11-23-17(19-14)15-7-4-10-22-15/h1-3,5-6,11,13,15,20H,4,7-10H2,(H,18,21). The second kappa shape index (κ2) is 7.68. The van der Waals surface area contributed by atoms with E-state index in [9.17, 15) is 9.90 Å². The molecule has 1 aliphatic rings. The average Bonchev–Trinajstić information content (AvgIpc) is 3.26. The van der Waals surface area contributed by atoms with Crippen LogP contribution in [0.15, 0.2) is 35.7 Å². The topological polar surface area (TPSA) is 71.5 Å². The summed E-state index contributed by atoms with van der Waals surface area (Å²) in [5, 5.41) is 14.8. The predicted molar refractivity (Wildman–Crippen MR) is 88.4 cm³/mol. The summed E-state index contributed by atoms with van der Waals surface area (Å²) >= 11 is 1.47. The van der Waals surface area contributed by atoms with Gasteiger partial charge in [0.25, 0.3) is 5.91 Å². The number of aromatic nitrogens is 1. The van der Waals surface area contributed by atoms with Crippen molar-refractivity contribution >= 4 is 17.2 Å². The molecule has 1 aromatic carbocycles. The predicted octanol–water partition coefficient (Wildman–Crippen LogP) is 2.85. The summed E-state index contributed by atoms with van der Waals surface area (Å²) in [6.45, 7) is 0.774. The zero-order valence-electron chi connectivity index (χ0n) is 12.8. The van der Waals surface area contributed by atoms with Crippen LogP contribution in [-0.4, -0.2) is 29.2 Å². The highest BCUT2D eigenvalue weighted by Gasteiger charge is 2.23. The second-order valence-electron chi connectivity index (χ2n) is 5.52. The lowest BCUT2D eigenvalue weighted by Gasteiger charge is -2.17. The summed E-state index contributed by atoms with van der Waals surface area (Å²) in [7, 11) is 0. The molecule has 1 aliphatic heterocycles. The molecule has 2 N–H and O–H groups in total. The molecule has 0 spiro atoms. The summed E-state index contributed by atoms with van der Waals surface area (Å²) in [6.07, 6.45) is 2.51. The molecule has 2 unspecified atom stereocenters. The Balaban J connectivity index is 1.69. The lowest BCUT2D eigenvalue weighted by molar-refractivity contribution is 0.0922. The number of benzene rings is 1. The molecule has 2 atom stereocenters. The number of thiazole rings is 1. The summed E-state index contributed by atoms with van der Waals surface area (Å²) in [5.41, 5.74) is 1.39. The van der Waals surface area contributed by atoms with E-state index in [2.05, 4.69) is 10.3 Å². The Labute approximate surface area is 139 Å². The molecule has 0 radical (unpaired) electrons. The van der Waals surface area contributed by atoms with Gasteiger partial charge in [0.05, 0.1) is 6.04 Å². The number of carbonyl (C=O) groups is 1. The first kappa shape index (κ1) is 16.1. The molecule has 1 fully saturated rings. The van der Waals surface area contributed by atoms with Crippen molar-refractivity contribution in [3.05, 3.63) is 52.0 Å². The molecule has 1 amide bonds. The third kappa shape index (κ3) is 3.96. The van der Waals surface area contributed by atoms with Crippen molar-refractivity contribution in [3.63, 3.8) is 0 Å². The Hall–Kier alpha value is -1.76.